The first-order chi connectivity index (χ1) is 10.4. The fourth-order valence-electron chi connectivity index (χ4n) is 2.43. The summed E-state index contributed by atoms with van der Waals surface area (Å²) < 4.78 is 14.6. The van der Waals surface area contributed by atoms with Gasteiger partial charge in [-0.2, -0.15) is 0 Å². The van der Waals surface area contributed by atoms with Gasteiger partial charge < -0.3 is 14.2 Å². The van der Waals surface area contributed by atoms with E-state index in [1.807, 2.05) is 13.8 Å². The van der Waals surface area contributed by atoms with Crippen LogP contribution in [0.4, 0.5) is 4.79 Å². The lowest BCUT2D eigenvalue weighted by atomic mass is 9.91. The average molecular weight is 307 g/mol. The predicted octanol–water partition coefficient (Wildman–Crippen LogP) is 2.13. The maximum atomic E-state index is 12.7. The van der Waals surface area contributed by atoms with Crippen molar-refractivity contribution in [2.24, 2.45) is 0 Å². The monoisotopic (exact) mass is 307 g/mol. The Labute approximate surface area is 129 Å². The zero-order valence-electron chi connectivity index (χ0n) is 13.1. The highest BCUT2D eigenvalue weighted by Crippen LogP contribution is 2.23. The Hall–Kier alpha value is -1.92. The van der Waals surface area contributed by atoms with Crippen molar-refractivity contribution in [1.29, 1.82) is 0 Å². The molecule has 1 aliphatic rings. The molecule has 0 saturated carbocycles. The molecule has 0 N–H and O–H groups in total. The van der Waals surface area contributed by atoms with Crippen LogP contribution in [0.25, 0.3) is 0 Å². The lowest BCUT2D eigenvalue weighted by molar-refractivity contribution is -0.00429. The standard InChI is InChI=1S/C16H21NO5/c1-16(2,17-8-10-21-11-9-17)14(18)12-4-6-13(7-5-12)22-15(19)20-3/h4-7H,8-11H2,1-3H3. The molecule has 0 spiro atoms. The molecule has 6 nitrogen and oxygen atoms in total. The van der Waals surface area contributed by atoms with Crippen molar-refractivity contribution in [3.8, 4) is 5.75 Å². The van der Waals surface area contributed by atoms with Gasteiger partial charge in [-0.05, 0) is 38.1 Å². The summed E-state index contributed by atoms with van der Waals surface area (Å²) in [5, 5.41) is 0. The minimum absolute atomic E-state index is 0.0269. The van der Waals surface area contributed by atoms with Gasteiger partial charge >= 0.3 is 6.16 Å². The van der Waals surface area contributed by atoms with Gasteiger partial charge in [0.05, 0.1) is 25.9 Å². The van der Waals surface area contributed by atoms with Crippen molar-refractivity contribution in [1.82, 2.24) is 4.90 Å². The van der Waals surface area contributed by atoms with Crippen LogP contribution in [-0.2, 0) is 9.47 Å². The van der Waals surface area contributed by atoms with Crippen LogP contribution >= 0.6 is 0 Å². The number of rotatable bonds is 4. The summed E-state index contributed by atoms with van der Waals surface area (Å²) in [5.41, 5.74) is -0.0252. The second kappa shape index (κ2) is 6.89. The van der Waals surface area contributed by atoms with Crippen LogP contribution < -0.4 is 4.74 Å². The fourth-order valence-corrected chi connectivity index (χ4v) is 2.43. The zero-order valence-corrected chi connectivity index (χ0v) is 13.1. The molecule has 1 heterocycles. The molecule has 0 aliphatic carbocycles. The van der Waals surface area contributed by atoms with Gasteiger partial charge in [0.15, 0.2) is 5.78 Å². The third kappa shape index (κ3) is 3.64. The van der Waals surface area contributed by atoms with E-state index in [-0.39, 0.29) is 5.78 Å². The fraction of sp³-hybridized carbons (Fsp3) is 0.500. The zero-order chi connectivity index (χ0) is 16.2. The summed E-state index contributed by atoms with van der Waals surface area (Å²) in [6.45, 7) is 6.59. The number of ketones is 1. The van der Waals surface area contributed by atoms with Gasteiger partial charge in [0.2, 0.25) is 0 Å². The number of nitrogens with zero attached hydrogens (tertiary/aromatic N) is 1. The molecular weight excluding hydrogens is 286 g/mol. The average Bonchev–Trinajstić information content (AvgIpc) is 2.55. The van der Waals surface area contributed by atoms with Crippen LogP contribution in [0.1, 0.15) is 24.2 Å². The highest BCUT2D eigenvalue weighted by Gasteiger charge is 2.35. The molecule has 1 fully saturated rings. The van der Waals surface area contributed by atoms with E-state index in [0.717, 1.165) is 13.1 Å². The van der Waals surface area contributed by atoms with Gasteiger partial charge in [0, 0.05) is 18.7 Å². The molecule has 2 rings (SSSR count). The van der Waals surface area contributed by atoms with Crippen LogP contribution in [0.5, 0.6) is 5.75 Å². The summed E-state index contributed by atoms with van der Waals surface area (Å²) in [5.74, 6) is 0.367. The minimum atomic E-state index is -0.785. The van der Waals surface area contributed by atoms with Gasteiger partial charge in [-0.15, -0.1) is 0 Å². The van der Waals surface area contributed by atoms with Gasteiger partial charge in [-0.25, -0.2) is 4.79 Å². The van der Waals surface area contributed by atoms with Crippen molar-refractivity contribution in [3.05, 3.63) is 29.8 Å². The molecule has 120 valence electrons. The molecule has 1 aromatic carbocycles. The quantitative estimate of drug-likeness (QED) is 0.482. The number of hydrogen-bond donors (Lipinski definition) is 0. The lowest BCUT2D eigenvalue weighted by Gasteiger charge is -2.39. The first kappa shape index (κ1) is 16.5. The molecule has 1 aromatic rings. The normalized spacial score (nSPS) is 16.1. The minimum Gasteiger partial charge on any atom is -0.437 e. The molecule has 0 bridgehead atoms. The van der Waals surface area contributed by atoms with Crippen LogP contribution in [0.3, 0.4) is 0 Å². The van der Waals surface area contributed by atoms with Crippen LogP contribution in [-0.4, -0.2) is 55.8 Å². The number of carbonyl (C=O) groups excluding carboxylic acids is 2. The Morgan fingerprint density at radius 3 is 2.27 bits per heavy atom. The third-order valence-electron chi connectivity index (χ3n) is 3.84. The summed E-state index contributed by atoms with van der Waals surface area (Å²) >= 11 is 0. The van der Waals surface area contributed by atoms with E-state index < -0.39 is 11.7 Å². The number of morpholine rings is 1. The number of Topliss-reactive ketones (excluding diaryl/α,β-unsaturated/α-hetero) is 1. The Morgan fingerprint density at radius 1 is 1.14 bits per heavy atom. The number of methoxy groups -OCH3 is 1. The van der Waals surface area contributed by atoms with E-state index in [2.05, 4.69) is 9.64 Å². The summed E-state index contributed by atoms with van der Waals surface area (Å²) in [6.07, 6.45) is -0.785. The molecule has 1 saturated heterocycles. The molecule has 0 unspecified atom stereocenters. The summed E-state index contributed by atoms with van der Waals surface area (Å²) in [7, 11) is 1.24. The number of hydrogen-bond acceptors (Lipinski definition) is 6. The topological polar surface area (TPSA) is 65.1 Å². The maximum Gasteiger partial charge on any atom is 0.513 e. The van der Waals surface area contributed by atoms with E-state index in [0.29, 0.717) is 24.5 Å². The summed E-state index contributed by atoms with van der Waals surface area (Å²) in [6, 6.07) is 6.48. The molecule has 0 amide bonds. The molecule has 1 aliphatic heterocycles. The van der Waals surface area contributed by atoms with Crippen molar-refractivity contribution in [2.45, 2.75) is 19.4 Å². The van der Waals surface area contributed by atoms with Crippen molar-refractivity contribution >= 4 is 11.9 Å². The first-order valence-corrected chi connectivity index (χ1v) is 7.18. The maximum absolute atomic E-state index is 12.7. The van der Waals surface area contributed by atoms with Crippen molar-refractivity contribution in [2.75, 3.05) is 33.4 Å². The van der Waals surface area contributed by atoms with Gasteiger partial charge in [-0.1, -0.05) is 0 Å². The Morgan fingerprint density at radius 2 is 1.73 bits per heavy atom. The number of carbonyl (C=O) groups is 2. The van der Waals surface area contributed by atoms with Crippen molar-refractivity contribution in [3.63, 3.8) is 0 Å². The molecule has 0 radical (unpaired) electrons. The van der Waals surface area contributed by atoms with Crippen LogP contribution in [0.15, 0.2) is 24.3 Å². The SMILES string of the molecule is COC(=O)Oc1ccc(C(=O)C(C)(C)N2CCOCC2)cc1. The summed E-state index contributed by atoms with van der Waals surface area (Å²) in [4.78, 5) is 25.9. The van der Waals surface area contributed by atoms with Crippen LogP contribution in [0.2, 0.25) is 0 Å². The Balaban J connectivity index is 2.09. The van der Waals surface area contributed by atoms with E-state index in [1.165, 1.54) is 7.11 Å². The highest BCUT2D eigenvalue weighted by atomic mass is 16.7. The largest absolute Gasteiger partial charge is 0.513 e. The number of ether oxygens (including phenoxy) is 3. The smallest absolute Gasteiger partial charge is 0.437 e. The van der Waals surface area contributed by atoms with Gasteiger partial charge in [0.25, 0.3) is 0 Å². The molecule has 0 aromatic heterocycles. The van der Waals surface area contributed by atoms with Crippen molar-refractivity contribution < 1.29 is 23.8 Å². The first-order valence-electron chi connectivity index (χ1n) is 7.18. The van der Waals surface area contributed by atoms with E-state index in [1.54, 1.807) is 24.3 Å². The lowest BCUT2D eigenvalue weighted by Crippen LogP contribution is -2.54. The highest BCUT2D eigenvalue weighted by molar-refractivity contribution is 6.02. The predicted molar refractivity (Wildman–Crippen MR) is 80.3 cm³/mol. The molecule has 22 heavy (non-hydrogen) atoms. The van der Waals surface area contributed by atoms with E-state index in [9.17, 15) is 9.59 Å². The Kier molecular flexibility index (Phi) is 5.15. The van der Waals surface area contributed by atoms with E-state index >= 15 is 0 Å². The number of benzene rings is 1. The molecule has 0 atom stereocenters. The molecular formula is C16H21NO5. The van der Waals surface area contributed by atoms with Gasteiger partial charge in [0.1, 0.15) is 5.75 Å². The second-order valence-electron chi connectivity index (χ2n) is 5.57. The molecule has 6 heteroatoms. The second-order valence-corrected chi connectivity index (χ2v) is 5.57. The van der Waals surface area contributed by atoms with Crippen LogP contribution in [0, 0.1) is 0 Å². The van der Waals surface area contributed by atoms with Gasteiger partial charge in [-0.3, -0.25) is 9.69 Å². The third-order valence-corrected chi connectivity index (χ3v) is 3.84. The van der Waals surface area contributed by atoms with E-state index in [4.69, 9.17) is 9.47 Å². The Bertz CT molecular complexity index is 532.